The first-order valence-corrected chi connectivity index (χ1v) is 8.08. The minimum atomic E-state index is -0.946. The van der Waals surface area contributed by atoms with Crippen LogP contribution >= 0.6 is 12.2 Å². The lowest BCUT2D eigenvalue weighted by Gasteiger charge is -2.46. The van der Waals surface area contributed by atoms with Gasteiger partial charge in [0.15, 0.2) is 0 Å². The normalized spacial score (nSPS) is 23.3. The first-order valence-electron chi connectivity index (χ1n) is 7.67. The van der Waals surface area contributed by atoms with Crippen molar-refractivity contribution >= 4 is 35.1 Å². The van der Waals surface area contributed by atoms with Gasteiger partial charge in [0, 0.05) is 18.5 Å². The summed E-state index contributed by atoms with van der Waals surface area (Å²) in [7, 11) is 0. The van der Waals surface area contributed by atoms with Crippen molar-refractivity contribution in [2.75, 3.05) is 13.1 Å². The Kier molecular flexibility index (Phi) is 4.79. The molecule has 7 nitrogen and oxygen atoms in total. The Hall–Kier alpha value is -2.23. The Morgan fingerprint density at radius 1 is 1.46 bits per heavy atom. The predicted octanol–water partition coefficient (Wildman–Crippen LogP) is 1.78. The van der Waals surface area contributed by atoms with Crippen LogP contribution in [0.4, 0.5) is 4.79 Å². The van der Waals surface area contributed by atoms with Crippen LogP contribution in [0.25, 0.3) is 0 Å². The molecule has 1 spiro atoms. The van der Waals surface area contributed by atoms with Crippen LogP contribution in [-0.2, 0) is 9.53 Å². The second-order valence-corrected chi connectivity index (χ2v) is 7.41. The molecule has 2 N–H and O–H groups in total. The zero-order chi connectivity index (χ0) is 18.1. The van der Waals surface area contributed by atoms with Gasteiger partial charge in [0.1, 0.15) is 16.5 Å². The molecule has 0 aromatic heterocycles. The largest absolute Gasteiger partial charge is 0.444 e. The molecule has 0 aromatic rings. The number of ether oxygens (including phenoxy) is 1. The van der Waals surface area contributed by atoms with Crippen LogP contribution < -0.4 is 5.32 Å². The van der Waals surface area contributed by atoms with E-state index in [9.17, 15) is 14.9 Å². The molecule has 0 aliphatic carbocycles. The smallest absolute Gasteiger partial charge is 0.410 e. The third-order valence-electron chi connectivity index (χ3n) is 4.34. The molecule has 2 saturated heterocycles. The predicted molar refractivity (Wildman–Crippen MR) is 90.6 cm³/mol. The van der Waals surface area contributed by atoms with Crippen LogP contribution in [0.5, 0.6) is 0 Å². The van der Waals surface area contributed by atoms with E-state index in [-0.39, 0.29) is 4.99 Å². The van der Waals surface area contributed by atoms with Gasteiger partial charge in [-0.25, -0.2) is 4.79 Å². The molecule has 2 heterocycles. The van der Waals surface area contributed by atoms with E-state index in [4.69, 9.17) is 22.4 Å². The average Bonchev–Trinajstić information content (AvgIpc) is 2.46. The van der Waals surface area contributed by atoms with Gasteiger partial charge in [-0.15, -0.1) is 0 Å². The van der Waals surface area contributed by atoms with E-state index < -0.39 is 28.9 Å². The van der Waals surface area contributed by atoms with Crippen molar-refractivity contribution in [2.45, 2.75) is 39.2 Å². The van der Waals surface area contributed by atoms with Crippen LogP contribution in [0, 0.1) is 28.1 Å². The minimum Gasteiger partial charge on any atom is -0.444 e. The van der Waals surface area contributed by atoms with Crippen molar-refractivity contribution < 1.29 is 14.3 Å². The Labute approximate surface area is 146 Å². The fraction of sp³-hybridized carbons (Fsp3) is 0.625. The van der Waals surface area contributed by atoms with Crippen molar-refractivity contribution in [1.29, 1.82) is 10.7 Å². The van der Waals surface area contributed by atoms with E-state index >= 15 is 0 Å². The van der Waals surface area contributed by atoms with E-state index in [0.29, 0.717) is 31.5 Å². The lowest BCUT2D eigenvalue weighted by Crippen LogP contribution is -2.57. The molecule has 8 heteroatoms. The Balaban J connectivity index is 2.24. The SMILES string of the molecule is CC(C)(C)OC(=O)N1CCC2(CC1)C(=C=N)C(=S)NC(=O)C2C#N. The van der Waals surface area contributed by atoms with E-state index in [1.807, 2.05) is 6.07 Å². The first kappa shape index (κ1) is 18.1. The maximum atomic E-state index is 12.2. The summed E-state index contributed by atoms with van der Waals surface area (Å²) in [5.41, 5.74) is -1.09. The zero-order valence-corrected chi connectivity index (χ0v) is 14.7. The molecular weight excluding hydrogens is 328 g/mol. The van der Waals surface area contributed by atoms with Gasteiger partial charge >= 0.3 is 6.09 Å². The molecule has 0 bridgehead atoms. The second-order valence-electron chi connectivity index (χ2n) is 7.00. The number of thiocarbonyl (C=S) groups is 1. The summed E-state index contributed by atoms with van der Waals surface area (Å²) in [5, 5.41) is 19.4. The summed E-state index contributed by atoms with van der Waals surface area (Å²) in [6, 6.07) is 2.03. The molecule has 0 radical (unpaired) electrons. The fourth-order valence-electron chi connectivity index (χ4n) is 3.18. The van der Waals surface area contributed by atoms with Gasteiger partial charge in [-0.1, -0.05) is 12.2 Å². The Morgan fingerprint density at radius 3 is 2.50 bits per heavy atom. The number of rotatable bonds is 0. The van der Waals surface area contributed by atoms with Gasteiger partial charge < -0.3 is 15.0 Å². The first-order chi connectivity index (χ1) is 11.1. The van der Waals surface area contributed by atoms with Crippen LogP contribution in [0.2, 0.25) is 0 Å². The number of likely N-dealkylation sites (tertiary alicyclic amines) is 1. The van der Waals surface area contributed by atoms with Gasteiger partial charge in [0.25, 0.3) is 0 Å². The number of nitriles is 1. The molecule has 2 aliphatic heterocycles. The highest BCUT2D eigenvalue weighted by atomic mass is 32.1. The minimum absolute atomic E-state index is 0.146. The highest BCUT2D eigenvalue weighted by Crippen LogP contribution is 2.47. The molecular formula is C16H20N4O3S. The van der Waals surface area contributed by atoms with Crippen LogP contribution in [0.15, 0.2) is 5.57 Å². The average molecular weight is 348 g/mol. The van der Waals surface area contributed by atoms with Gasteiger partial charge in [-0.2, -0.15) is 5.26 Å². The maximum Gasteiger partial charge on any atom is 0.410 e. The van der Waals surface area contributed by atoms with Gasteiger partial charge in [0.2, 0.25) is 5.91 Å². The third-order valence-corrected chi connectivity index (χ3v) is 4.64. The topological polar surface area (TPSA) is 106 Å². The number of carbonyl (C=O) groups is 2. The van der Waals surface area contributed by atoms with E-state index in [1.54, 1.807) is 25.7 Å². The molecule has 2 rings (SSSR count). The van der Waals surface area contributed by atoms with E-state index in [0.717, 1.165) is 0 Å². The fourth-order valence-corrected chi connectivity index (χ4v) is 3.54. The van der Waals surface area contributed by atoms with Crippen LogP contribution in [-0.4, -0.2) is 46.4 Å². The van der Waals surface area contributed by atoms with Crippen molar-refractivity contribution in [3.63, 3.8) is 0 Å². The van der Waals surface area contributed by atoms with Gasteiger partial charge in [-0.3, -0.25) is 10.2 Å². The van der Waals surface area contributed by atoms with Crippen molar-refractivity contribution in [3.05, 3.63) is 5.57 Å². The number of carbonyl (C=O) groups excluding carboxylic acids is 2. The molecule has 24 heavy (non-hydrogen) atoms. The highest BCUT2D eigenvalue weighted by molar-refractivity contribution is 7.80. The second kappa shape index (κ2) is 6.34. The Morgan fingerprint density at radius 2 is 2.04 bits per heavy atom. The van der Waals surface area contributed by atoms with E-state index in [1.165, 1.54) is 0 Å². The number of amides is 2. The standard InChI is InChI=1S/C16H20N4O3S/c1-15(2,3)23-14(22)20-6-4-16(5-7-20)10(8-17)12(21)19-13(24)11(16)9-18/h10,18H,4-7H2,1-3H3,(H,19,21,24). The summed E-state index contributed by atoms with van der Waals surface area (Å²) in [5.74, 6) is 0.908. The number of piperidine rings is 2. The van der Waals surface area contributed by atoms with E-state index in [2.05, 4.69) is 11.2 Å². The summed E-state index contributed by atoms with van der Waals surface area (Å²) in [4.78, 5) is 26.0. The maximum absolute atomic E-state index is 12.2. The summed E-state index contributed by atoms with van der Waals surface area (Å²) < 4.78 is 5.36. The third kappa shape index (κ3) is 3.18. The lowest BCUT2D eigenvalue weighted by atomic mass is 9.62. The molecule has 128 valence electrons. The highest BCUT2D eigenvalue weighted by Gasteiger charge is 2.53. The number of hydrogen-bond donors (Lipinski definition) is 2. The van der Waals surface area contributed by atoms with Crippen molar-refractivity contribution in [3.8, 4) is 6.07 Å². The summed E-state index contributed by atoms with van der Waals surface area (Å²) in [6.07, 6.45) is 0.299. The molecule has 0 aromatic carbocycles. The number of hydrogen-bond acceptors (Lipinski definition) is 6. The molecule has 1 atom stereocenters. The summed E-state index contributed by atoms with van der Waals surface area (Å²) in [6.45, 7) is 6.04. The van der Waals surface area contributed by atoms with Crippen LogP contribution in [0.1, 0.15) is 33.6 Å². The molecule has 2 aliphatic rings. The monoisotopic (exact) mass is 348 g/mol. The number of nitrogens with zero attached hydrogens (tertiary/aromatic N) is 2. The molecule has 2 amide bonds. The van der Waals surface area contributed by atoms with Crippen molar-refractivity contribution in [1.82, 2.24) is 10.2 Å². The lowest BCUT2D eigenvalue weighted by molar-refractivity contribution is -0.126. The van der Waals surface area contributed by atoms with Gasteiger partial charge in [-0.05, 0) is 39.5 Å². The van der Waals surface area contributed by atoms with Crippen LogP contribution in [0.3, 0.4) is 0 Å². The quantitative estimate of drug-likeness (QED) is 0.394. The van der Waals surface area contributed by atoms with Crippen molar-refractivity contribution in [2.24, 2.45) is 11.3 Å². The van der Waals surface area contributed by atoms with Gasteiger partial charge in [0.05, 0.1) is 11.6 Å². The number of nitrogens with one attached hydrogen (secondary N) is 2. The molecule has 0 saturated carbocycles. The summed E-state index contributed by atoms with van der Waals surface area (Å²) >= 11 is 5.14. The molecule has 2 fully saturated rings. The Bertz CT molecular complexity index is 674. The molecule has 1 unspecified atom stereocenters. The zero-order valence-electron chi connectivity index (χ0n) is 13.9.